The highest BCUT2D eigenvalue weighted by molar-refractivity contribution is 6.05. The first kappa shape index (κ1) is 19.7. The number of rotatable bonds is 8. The van der Waals surface area contributed by atoms with E-state index in [1.807, 2.05) is 61.0 Å². The molecule has 0 atom stereocenters. The van der Waals surface area contributed by atoms with Crippen molar-refractivity contribution in [2.45, 2.75) is 40.0 Å². The first-order valence-corrected chi connectivity index (χ1v) is 9.76. The van der Waals surface area contributed by atoms with Crippen LogP contribution >= 0.6 is 0 Å². The molecule has 146 valence electrons. The second kappa shape index (κ2) is 9.22. The molecule has 0 unspecified atom stereocenters. The second-order valence-corrected chi connectivity index (χ2v) is 6.83. The number of aryl methyl sites for hydroxylation is 1. The van der Waals surface area contributed by atoms with Gasteiger partial charge >= 0.3 is 0 Å². The third-order valence-corrected chi connectivity index (χ3v) is 4.66. The van der Waals surface area contributed by atoms with Crippen LogP contribution in [0.1, 0.15) is 47.9 Å². The number of anilines is 1. The van der Waals surface area contributed by atoms with Gasteiger partial charge in [0, 0.05) is 5.56 Å². The predicted octanol–water partition coefficient (Wildman–Crippen LogP) is 5.31. The van der Waals surface area contributed by atoms with E-state index in [2.05, 4.69) is 17.3 Å². The van der Waals surface area contributed by atoms with Crippen LogP contribution in [0.15, 0.2) is 54.6 Å². The largest absolute Gasteiger partial charge is 0.494 e. The zero-order chi connectivity index (χ0) is 19.9. The Balaban J connectivity index is 1.69. The lowest BCUT2D eigenvalue weighted by Gasteiger charge is -2.09. The van der Waals surface area contributed by atoms with Gasteiger partial charge in [-0.05, 0) is 56.7 Å². The Kier molecular flexibility index (Phi) is 6.48. The lowest BCUT2D eigenvalue weighted by atomic mass is 10.2. The van der Waals surface area contributed by atoms with Crippen LogP contribution in [0.5, 0.6) is 5.75 Å². The third kappa shape index (κ3) is 4.60. The van der Waals surface area contributed by atoms with Crippen molar-refractivity contribution in [2.75, 3.05) is 11.9 Å². The average Bonchev–Trinajstić information content (AvgIpc) is 3.00. The van der Waals surface area contributed by atoms with Crippen molar-refractivity contribution < 1.29 is 9.53 Å². The summed E-state index contributed by atoms with van der Waals surface area (Å²) >= 11 is 0. The van der Waals surface area contributed by atoms with Crippen LogP contribution in [-0.2, 0) is 0 Å². The van der Waals surface area contributed by atoms with E-state index in [1.54, 1.807) is 12.1 Å². The minimum atomic E-state index is -0.156. The molecule has 1 amide bonds. The summed E-state index contributed by atoms with van der Waals surface area (Å²) in [5, 5.41) is 7.57. The summed E-state index contributed by atoms with van der Waals surface area (Å²) in [6.45, 7) is 6.72. The van der Waals surface area contributed by atoms with Crippen molar-refractivity contribution in [3.05, 3.63) is 71.5 Å². The maximum atomic E-state index is 12.7. The van der Waals surface area contributed by atoms with E-state index in [0.29, 0.717) is 12.2 Å². The average molecular weight is 377 g/mol. The molecule has 2 aromatic carbocycles. The number of hydrogen-bond donors (Lipinski definition) is 1. The van der Waals surface area contributed by atoms with Crippen molar-refractivity contribution in [3.63, 3.8) is 0 Å². The molecular weight excluding hydrogens is 350 g/mol. The van der Waals surface area contributed by atoms with Gasteiger partial charge in [-0.1, -0.05) is 38.0 Å². The predicted molar refractivity (Wildman–Crippen MR) is 112 cm³/mol. The summed E-state index contributed by atoms with van der Waals surface area (Å²) in [6.07, 6.45) is 3.38. The van der Waals surface area contributed by atoms with Crippen LogP contribution in [0.3, 0.4) is 0 Å². The first-order valence-electron chi connectivity index (χ1n) is 9.76. The first-order chi connectivity index (χ1) is 13.6. The van der Waals surface area contributed by atoms with E-state index < -0.39 is 0 Å². The number of benzene rings is 2. The number of carbonyl (C=O) groups excluding carboxylic acids is 1. The molecule has 0 aliphatic carbocycles. The topological polar surface area (TPSA) is 56.1 Å². The fraction of sp³-hybridized carbons (Fsp3) is 0.304. The zero-order valence-corrected chi connectivity index (χ0v) is 16.7. The van der Waals surface area contributed by atoms with Crippen LogP contribution in [0, 0.1) is 13.8 Å². The Labute approximate surface area is 166 Å². The molecule has 0 saturated heterocycles. The van der Waals surface area contributed by atoms with E-state index in [-0.39, 0.29) is 5.91 Å². The van der Waals surface area contributed by atoms with E-state index in [0.717, 1.165) is 41.4 Å². The summed E-state index contributed by atoms with van der Waals surface area (Å²) in [5.41, 5.74) is 3.98. The van der Waals surface area contributed by atoms with Gasteiger partial charge in [0.05, 0.1) is 29.4 Å². The Morgan fingerprint density at radius 1 is 1.04 bits per heavy atom. The molecule has 3 aromatic rings. The van der Waals surface area contributed by atoms with Crippen molar-refractivity contribution in [1.82, 2.24) is 9.78 Å². The summed E-state index contributed by atoms with van der Waals surface area (Å²) in [4.78, 5) is 12.7. The Bertz CT molecular complexity index is 915. The minimum Gasteiger partial charge on any atom is -0.494 e. The molecule has 0 aliphatic heterocycles. The van der Waals surface area contributed by atoms with Crippen molar-refractivity contribution in [3.8, 4) is 11.4 Å². The molecule has 3 rings (SSSR count). The number of aromatic nitrogens is 2. The van der Waals surface area contributed by atoms with Gasteiger partial charge in [0.25, 0.3) is 5.91 Å². The number of amides is 1. The molecule has 0 radical (unpaired) electrons. The highest BCUT2D eigenvalue weighted by Crippen LogP contribution is 2.23. The molecule has 1 aromatic heterocycles. The van der Waals surface area contributed by atoms with Gasteiger partial charge in [-0.2, -0.15) is 5.10 Å². The van der Waals surface area contributed by atoms with Gasteiger partial charge in [0.15, 0.2) is 0 Å². The standard InChI is InChI=1S/C23H27N3O2/c1-4-5-9-16-28-21-14-12-19(13-15-21)23(27)24-22-17(2)25-26(18(22)3)20-10-7-6-8-11-20/h6-8,10-15H,4-5,9,16H2,1-3H3,(H,24,27). The third-order valence-electron chi connectivity index (χ3n) is 4.66. The number of hydrogen-bond acceptors (Lipinski definition) is 3. The molecule has 0 bridgehead atoms. The SMILES string of the molecule is CCCCCOc1ccc(C(=O)Nc2c(C)nn(-c3ccccc3)c2C)cc1. The molecule has 5 nitrogen and oxygen atoms in total. The Morgan fingerprint density at radius 2 is 1.75 bits per heavy atom. The fourth-order valence-corrected chi connectivity index (χ4v) is 3.07. The normalized spacial score (nSPS) is 10.7. The van der Waals surface area contributed by atoms with Crippen LogP contribution in [0.4, 0.5) is 5.69 Å². The summed E-state index contributed by atoms with van der Waals surface area (Å²) in [5.74, 6) is 0.633. The number of unbranched alkanes of at least 4 members (excludes halogenated alkanes) is 2. The summed E-state index contributed by atoms with van der Waals surface area (Å²) < 4.78 is 7.55. The molecule has 0 fully saturated rings. The van der Waals surface area contributed by atoms with Gasteiger partial charge in [0.2, 0.25) is 0 Å². The van der Waals surface area contributed by atoms with Gasteiger partial charge in [-0.25, -0.2) is 4.68 Å². The van der Waals surface area contributed by atoms with Crippen LogP contribution < -0.4 is 10.1 Å². The van der Waals surface area contributed by atoms with Gasteiger partial charge in [-0.15, -0.1) is 0 Å². The Morgan fingerprint density at radius 3 is 2.43 bits per heavy atom. The smallest absolute Gasteiger partial charge is 0.255 e. The monoisotopic (exact) mass is 377 g/mol. The van der Waals surface area contributed by atoms with Gasteiger partial charge in [-0.3, -0.25) is 4.79 Å². The van der Waals surface area contributed by atoms with Crippen molar-refractivity contribution >= 4 is 11.6 Å². The molecular formula is C23H27N3O2. The molecule has 0 spiro atoms. The van der Waals surface area contributed by atoms with Crippen molar-refractivity contribution in [2.24, 2.45) is 0 Å². The van der Waals surface area contributed by atoms with Gasteiger partial charge in [0.1, 0.15) is 5.75 Å². The molecule has 0 saturated carbocycles. The number of nitrogens with zero attached hydrogens (tertiary/aromatic N) is 2. The molecule has 1 N–H and O–H groups in total. The van der Waals surface area contributed by atoms with E-state index >= 15 is 0 Å². The zero-order valence-electron chi connectivity index (χ0n) is 16.7. The highest BCUT2D eigenvalue weighted by Gasteiger charge is 2.16. The number of ether oxygens (including phenoxy) is 1. The molecule has 5 heteroatoms. The lowest BCUT2D eigenvalue weighted by molar-refractivity contribution is 0.102. The second-order valence-electron chi connectivity index (χ2n) is 6.83. The van der Waals surface area contributed by atoms with Gasteiger partial charge < -0.3 is 10.1 Å². The van der Waals surface area contributed by atoms with Crippen LogP contribution in [0.2, 0.25) is 0 Å². The number of para-hydroxylation sites is 1. The summed E-state index contributed by atoms with van der Waals surface area (Å²) in [6, 6.07) is 17.1. The number of carbonyl (C=O) groups is 1. The number of nitrogens with one attached hydrogen (secondary N) is 1. The highest BCUT2D eigenvalue weighted by atomic mass is 16.5. The van der Waals surface area contributed by atoms with Crippen LogP contribution in [-0.4, -0.2) is 22.3 Å². The quantitative estimate of drug-likeness (QED) is 0.541. The molecule has 0 aliphatic rings. The van der Waals surface area contributed by atoms with Crippen molar-refractivity contribution in [1.29, 1.82) is 0 Å². The fourth-order valence-electron chi connectivity index (χ4n) is 3.07. The molecule has 1 heterocycles. The maximum Gasteiger partial charge on any atom is 0.255 e. The lowest BCUT2D eigenvalue weighted by Crippen LogP contribution is -2.13. The minimum absolute atomic E-state index is 0.156. The summed E-state index contributed by atoms with van der Waals surface area (Å²) in [7, 11) is 0. The van der Waals surface area contributed by atoms with E-state index in [9.17, 15) is 4.79 Å². The maximum absolute atomic E-state index is 12.7. The van der Waals surface area contributed by atoms with E-state index in [4.69, 9.17) is 4.74 Å². The molecule has 28 heavy (non-hydrogen) atoms. The van der Waals surface area contributed by atoms with E-state index in [1.165, 1.54) is 6.42 Å². The van der Waals surface area contributed by atoms with Crippen LogP contribution in [0.25, 0.3) is 5.69 Å². The Hall–Kier alpha value is -3.08.